The van der Waals surface area contributed by atoms with E-state index in [-0.39, 0.29) is 30.0 Å². The number of piperidine rings is 1. The van der Waals surface area contributed by atoms with Crippen molar-refractivity contribution in [3.63, 3.8) is 0 Å². The number of nitrogens with zero attached hydrogens (tertiary/aromatic N) is 2. The third-order valence-corrected chi connectivity index (χ3v) is 4.73. The minimum absolute atomic E-state index is 0. The molecule has 0 radical (unpaired) electrons. The maximum absolute atomic E-state index is 12.6. The fourth-order valence-corrected chi connectivity index (χ4v) is 3.21. The van der Waals surface area contributed by atoms with Crippen LogP contribution in [0.2, 0.25) is 0 Å². The van der Waals surface area contributed by atoms with Crippen molar-refractivity contribution in [2.45, 2.75) is 45.6 Å². The number of aromatic hydroxyl groups is 1. The molecule has 6 nitrogen and oxygen atoms in total. The van der Waals surface area contributed by atoms with E-state index < -0.39 is 0 Å². The Bertz CT molecular complexity index is 767. The molecule has 0 bridgehead atoms. The van der Waals surface area contributed by atoms with Gasteiger partial charge < -0.3 is 15.7 Å². The van der Waals surface area contributed by atoms with Crippen LogP contribution in [0.25, 0.3) is 0 Å². The number of carbonyl (C=O) groups is 1. The highest BCUT2D eigenvalue weighted by Crippen LogP contribution is 2.31. The highest BCUT2D eigenvalue weighted by atomic mass is 35.5. The van der Waals surface area contributed by atoms with Crippen molar-refractivity contribution in [3.05, 3.63) is 41.2 Å². The largest absolute Gasteiger partial charge is 0.508 e. The van der Waals surface area contributed by atoms with E-state index in [2.05, 4.69) is 15.7 Å². The lowest BCUT2D eigenvalue weighted by molar-refractivity contribution is 0.102. The molecule has 1 aromatic heterocycles. The number of aryl methyl sites for hydroxylation is 1. The van der Waals surface area contributed by atoms with Gasteiger partial charge in [-0.1, -0.05) is 13.8 Å². The standard InChI is InChI=1S/C19H26N4O2.ClH/c1-12(2)15-10-17(13(3)9-18(15)24)21-19(25)16-6-8-23(22-16)14-5-4-7-20-11-14;/h6,8-10,12,14,20,24H,4-5,7,11H2,1-3H3,(H,21,25);1H. The molecule has 1 unspecified atom stereocenters. The van der Waals surface area contributed by atoms with Gasteiger partial charge in [-0.05, 0) is 61.6 Å². The van der Waals surface area contributed by atoms with Gasteiger partial charge >= 0.3 is 0 Å². The van der Waals surface area contributed by atoms with Crippen molar-refractivity contribution in [2.24, 2.45) is 0 Å². The van der Waals surface area contributed by atoms with Gasteiger partial charge in [0.25, 0.3) is 5.91 Å². The first-order chi connectivity index (χ1) is 12.0. The molecule has 2 aromatic rings. The Balaban J connectivity index is 0.00000243. The molecule has 1 aliphatic rings. The third kappa shape index (κ3) is 4.37. The highest BCUT2D eigenvalue weighted by molar-refractivity contribution is 6.03. The van der Waals surface area contributed by atoms with Crippen molar-refractivity contribution in [1.29, 1.82) is 0 Å². The van der Waals surface area contributed by atoms with E-state index in [1.807, 2.05) is 37.7 Å². The first-order valence-electron chi connectivity index (χ1n) is 8.86. The van der Waals surface area contributed by atoms with Gasteiger partial charge in [0.15, 0.2) is 5.69 Å². The van der Waals surface area contributed by atoms with Crippen LogP contribution in [0.15, 0.2) is 24.4 Å². The van der Waals surface area contributed by atoms with Gasteiger partial charge in [0, 0.05) is 18.4 Å². The number of nitrogens with one attached hydrogen (secondary N) is 2. The van der Waals surface area contributed by atoms with Crippen LogP contribution in [0.1, 0.15) is 60.3 Å². The molecule has 2 heterocycles. The predicted octanol–water partition coefficient (Wildman–Crippen LogP) is 3.62. The molecule has 7 heteroatoms. The van der Waals surface area contributed by atoms with Gasteiger partial charge in [-0.3, -0.25) is 9.48 Å². The summed E-state index contributed by atoms with van der Waals surface area (Å²) in [4.78, 5) is 12.6. The second-order valence-electron chi connectivity index (χ2n) is 7.02. The minimum atomic E-state index is -0.231. The SMILES string of the molecule is Cc1cc(O)c(C(C)C)cc1NC(=O)c1ccn(C2CCCNC2)n1.Cl. The number of phenols is 1. The molecule has 26 heavy (non-hydrogen) atoms. The smallest absolute Gasteiger partial charge is 0.276 e. The first-order valence-corrected chi connectivity index (χ1v) is 8.86. The Morgan fingerprint density at radius 1 is 1.42 bits per heavy atom. The normalized spacial score (nSPS) is 17.0. The minimum Gasteiger partial charge on any atom is -0.508 e. The fourth-order valence-electron chi connectivity index (χ4n) is 3.21. The summed E-state index contributed by atoms with van der Waals surface area (Å²) in [5, 5.41) is 20.8. The second-order valence-corrected chi connectivity index (χ2v) is 7.02. The summed E-state index contributed by atoms with van der Waals surface area (Å²) in [6, 6.07) is 5.59. The summed E-state index contributed by atoms with van der Waals surface area (Å²) < 4.78 is 1.88. The van der Waals surface area contributed by atoms with Crippen molar-refractivity contribution >= 4 is 24.0 Å². The zero-order chi connectivity index (χ0) is 18.0. The summed E-state index contributed by atoms with van der Waals surface area (Å²) >= 11 is 0. The molecular formula is C19H27ClN4O2. The van der Waals surface area contributed by atoms with E-state index in [9.17, 15) is 9.90 Å². The Kier molecular flexibility index (Phi) is 6.67. The molecule has 3 N–H and O–H groups in total. The summed E-state index contributed by atoms with van der Waals surface area (Å²) in [6.45, 7) is 7.82. The lowest BCUT2D eigenvalue weighted by Crippen LogP contribution is -2.32. The maximum atomic E-state index is 12.6. The van der Waals surface area contributed by atoms with Crippen LogP contribution < -0.4 is 10.6 Å². The van der Waals surface area contributed by atoms with Crippen LogP contribution in [0, 0.1) is 6.92 Å². The summed E-state index contributed by atoms with van der Waals surface area (Å²) in [7, 11) is 0. The number of hydrogen-bond donors (Lipinski definition) is 3. The third-order valence-electron chi connectivity index (χ3n) is 4.73. The van der Waals surface area contributed by atoms with Crippen LogP contribution in [0.5, 0.6) is 5.75 Å². The number of phenolic OH excluding ortho intramolecular Hbond substituents is 1. The van der Waals surface area contributed by atoms with Crippen molar-refractivity contribution in [1.82, 2.24) is 15.1 Å². The summed E-state index contributed by atoms with van der Waals surface area (Å²) in [5.41, 5.74) is 2.76. The average Bonchev–Trinajstić information content (AvgIpc) is 3.08. The molecule has 1 aliphatic heterocycles. The lowest BCUT2D eigenvalue weighted by Gasteiger charge is -2.22. The van der Waals surface area contributed by atoms with E-state index >= 15 is 0 Å². The zero-order valence-corrected chi connectivity index (χ0v) is 16.3. The van der Waals surface area contributed by atoms with Crippen LogP contribution in [0.3, 0.4) is 0 Å². The average molecular weight is 379 g/mol. The van der Waals surface area contributed by atoms with Gasteiger partial charge in [-0.25, -0.2) is 0 Å². The Morgan fingerprint density at radius 3 is 2.85 bits per heavy atom. The monoisotopic (exact) mass is 378 g/mol. The molecule has 1 aromatic carbocycles. The number of benzene rings is 1. The number of amides is 1. The second kappa shape index (κ2) is 8.56. The molecule has 1 atom stereocenters. The molecular weight excluding hydrogens is 352 g/mol. The molecule has 142 valence electrons. The van der Waals surface area contributed by atoms with E-state index in [1.54, 1.807) is 12.1 Å². The van der Waals surface area contributed by atoms with Gasteiger partial charge in [0.1, 0.15) is 5.75 Å². The van der Waals surface area contributed by atoms with E-state index in [0.29, 0.717) is 17.4 Å². The Morgan fingerprint density at radius 2 is 2.19 bits per heavy atom. The van der Waals surface area contributed by atoms with Crippen molar-refractivity contribution in [3.8, 4) is 5.75 Å². The van der Waals surface area contributed by atoms with Crippen LogP contribution >= 0.6 is 12.4 Å². The number of halogens is 1. The molecule has 0 aliphatic carbocycles. The molecule has 1 fully saturated rings. The molecule has 3 rings (SSSR count). The lowest BCUT2D eigenvalue weighted by atomic mass is 9.99. The number of rotatable bonds is 4. The van der Waals surface area contributed by atoms with E-state index in [0.717, 1.165) is 37.1 Å². The Hall–Kier alpha value is -2.05. The number of carbonyl (C=O) groups excluding carboxylic acids is 1. The first kappa shape index (κ1) is 20.3. The van der Waals surface area contributed by atoms with Crippen molar-refractivity contribution < 1.29 is 9.90 Å². The summed E-state index contributed by atoms with van der Waals surface area (Å²) in [5.74, 6) is 0.208. The maximum Gasteiger partial charge on any atom is 0.276 e. The van der Waals surface area contributed by atoms with Gasteiger partial charge in [-0.15, -0.1) is 12.4 Å². The molecule has 1 saturated heterocycles. The fraction of sp³-hybridized carbons (Fsp3) is 0.474. The topological polar surface area (TPSA) is 79.2 Å². The van der Waals surface area contributed by atoms with Gasteiger partial charge in [0.05, 0.1) is 6.04 Å². The van der Waals surface area contributed by atoms with Gasteiger partial charge in [0.2, 0.25) is 0 Å². The molecule has 1 amide bonds. The number of anilines is 1. The van der Waals surface area contributed by atoms with Crippen LogP contribution in [-0.2, 0) is 0 Å². The van der Waals surface area contributed by atoms with Crippen molar-refractivity contribution in [2.75, 3.05) is 18.4 Å². The van der Waals surface area contributed by atoms with E-state index in [4.69, 9.17) is 0 Å². The predicted molar refractivity (Wildman–Crippen MR) is 106 cm³/mol. The molecule has 0 saturated carbocycles. The summed E-state index contributed by atoms with van der Waals surface area (Å²) in [6.07, 6.45) is 4.07. The quantitative estimate of drug-likeness (QED) is 0.710. The van der Waals surface area contributed by atoms with Crippen LogP contribution in [0.4, 0.5) is 5.69 Å². The number of hydrogen-bond acceptors (Lipinski definition) is 4. The van der Waals surface area contributed by atoms with Gasteiger partial charge in [-0.2, -0.15) is 5.10 Å². The van der Waals surface area contributed by atoms with E-state index in [1.165, 1.54) is 0 Å². The highest BCUT2D eigenvalue weighted by Gasteiger charge is 2.18. The zero-order valence-electron chi connectivity index (χ0n) is 15.5. The molecule has 0 spiro atoms. The van der Waals surface area contributed by atoms with Crippen LogP contribution in [-0.4, -0.2) is 33.9 Å². The number of aromatic nitrogens is 2. The Labute approximate surface area is 160 Å².